The molecule has 0 aromatic heterocycles. The van der Waals surface area contributed by atoms with Crippen LogP contribution in [-0.4, -0.2) is 9.69 Å². The van der Waals surface area contributed by atoms with Crippen molar-refractivity contribution in [2.75, 3.05) is 0 Å². The summed E-state index contributed by atoms with van der Waals surface area (Å²) in [7, 11) is 0. The van der Waals surface area contributed by atoms with E-state index in [-0.39, 0.29) is 24.3 Å². The van der Waals surface area contributed by atoms with E-state index >= 15 is 0 Å². The van der Waals surface area contributed by atoms with Gasteiger partial charge < -0.3 is 5.48 Å². The van der Waals surface area contributed by atoms with Crippen molar-refractivity contribution in [2.45, 2.75) is 0 Å². The summed E-state index contributed by atoms with van der Waals surface area (Å²) in [5.74, 6) is 0. The molecule has 0 aliphatic carbocycles. The van der Waals surface area contributed by atoms with Crippen LogP contribution in [0.25, 0.3) is 0 Å². The van der Waals surface area contributed by atoms with Crippen LogP contribution in [0.5, 0.6) is 0 Å². The van der Waals surface area contributed by atoms with E-state index in [0.29, 0.717) is 0 Å². The Kier molecular flexibility index (Phi) is 420. The van der Waals surface area contributed by atoms with Crippen LogP contribution in [0.3, 0.4) is 0 Å². The third-order valence-electron chi connectivity index (χ3n) is 0. The van der Waals surface area contributed by atoms with Gasteiger partial charge in [0.05, 0.1) is 0 Å². The molecule has 4 heteroatoms. The maximum absolute atomic E-state index is 7.83. The number of hydrogen-bond acceptors (Lipinski definition) is 3. The van der Waals surface area contributed by atoms with E-state index in [2.05, 4.69) is 12.5 Å². The van der Waals surface area contributed by atoms with E-state index in [0.717, 1.165) is 0 Å². The van der Waals surface area contributed by atoms with Gasteiger partial charge in [0.25, 0.3) is 0 Å². The molecule has 0 saturated carbocycles. The smallest absolute Gasteiger partial charge is 0.870 e. The van der Waals surface area contributed by atoms with E-state index in [9.17, 15) is 0 Å². The summed E-state index contributed by atoms with van der Waals surface area (Å²) in [6, 6.07) is 0. The first-order chi connectivity index (χ1) is 1.00. The second-order valence-corrected chi connectivity index (χ2v) is 0. The zero-order chi connectivity index (χ0) is 2.00. The number of hydrogen-bond donors (Lipinski definition) is 0. The Hall–Kier alpha value is 0.577. The van der Waals surface area contributed by atoms with Gasteiger partial charge in [0.2, 0.25) is 0 Å². The fraction of sp³-hybridized carbons (Fsp3) is 0. The molecule has 20 valence electrons. The molecule has 0 radical (unpaired) electrons. The SMILES string of the molecule is O=S.[Li+].[OH-]. The van der Waals surface area contributed by atoms with Crippen LogP contribution in [0, 0.1) is 0 Å². The van der Waals surface area contributed by atoms with Crippen LogP contribution in [0.15, 0.2) is 0 Å². The van der Waals surface area contributed by atoms with Crippen molar-refractivity contribution < 1.29 is 28.5 Å². The van der Waals surface area contributed by atoms with Gasteiger partial charge in [-0.1, -0.05) is 0 Å². The molecule has 2 nitrogen and oxygen atoms in total. The molecule has 0 heterocycles. The first-order valence-corrected chi connectivity index (χ1v) is 0.500. The zero-order valence-electron chi connectivity index (χ0n) is 2.26. The summed E-state index contributed by atoms with van der Waals surface area (Å²) in [6.07, 6.45) is 0. The average Bonchev–Trinajstić information content (AvgIpc) is 1.00. The van der Waals surface area contributed by atoms with Gasteiger partial charge in [-0.15, -0.1) is 0 Å². The summed E-state index contributed by atoms with van der Waals surface area (Å²) in [4.78, 5) is 0. The molecular formula is HLiO2S. The van der Waals surface area contributed by atoms with Gasteiger partial charge in [0.15, 0.2) is 12.5 Å². The Bertz CT molecular complexity index is 6.00. The molecular weight excluding hydrogens is 71.0 g/mol. The fourth-order valence-corrected chi connectivity index (χ4v) is 0. The Balaban J connectivity index is -0.00000000500. The Labute approximate surface area is 41.6 Å². The van der Waals surface area contributed by atoms with Crippen molar-refractivity contribution in [3.05, 3.63) is 0 Å². The predicted octanol–water partition coefficient (Wildman–Crippen LogP) is -3.51. The summed E-state index contributed by atoms with van der Waals surface area (Å²) >= 11 is 2.83. The quantitative estimate of drug-likeness (QED) is 0.279. The van der Waals surface area contributed by atoms with Crippen LogP contribution < -0.4 is 18.9 Å². The van der Waals surface area contributed by atoms with Crippen LogP contribution >= 0.6 is 0 Å². The summed E-state index contributed by atoms with van der Waals surface area (Å²) in [6.45, 7) is 0. The molecule has 0 bridgehead atoms. The minimum atomic E-state index is 0. The molecule has 0 aromatic rings. The molecule has 0 fully saturated rings. The zero-order valence-corrected chi connectivity index (χ0v) is 3.08. The van der Waals surface area contributed by atoms with Crippen LogP contribution in [0.4, 0.5) is 0 Å². The summed E-state index contributed by atoms with van der Waals surface area (Å²) in [5, 5.41) is 0. The third kappa shape index (κ3) is 19.2. The van der Waals surface area contributed by atoms with Gasteiger partial charge in [-0.3, -0.25) is 0 Å². The fourth-order valence-electron chi connectivity index (χ4n) is 0. The van der Waals surface area contributed by atoms with E-state index < -0.39 is 0 Å². The molecule has 0 unspecified atom stereocenters. The maximum atomic E-state index is 7.83. The standard InChI is InChI=1S/Li.OS.H2O/c;1-2;/h;;1H2/q+1;;/p-1. The first-order valence-electron chi connectivity index (χ1n) is 0.167. The van der Waals surface area contributed by atoms with E-state index in [4.69, 9.17) is 4.21 Å². The van der Waals surface area contributed by atoms with Crippen molar-refractivity contribution in [2.24, 2.45) is 0 Å². The largest absolute Gasteiger partial charge is 1.00 e. The molecule has 0 rings (SSSR count). The number of rotatable bonds is 0. The predicted molar refractivity (Wildman–Crippen MR) is 10.1 cm³/mol. The second-order valence-electron chi connectivity index (χ2n) is 0. The average molecular weight is 72.0 g/mol. The normalized spacial score (nSPS) is 1.00. The molecule has 0 amide bonds. The maximum Gasteiger partial charge on any atom is 1.00 e. The van der Waals surface area contributed by atoms with Gasteiger partial charge in [0.1, 0.15) is 0 Å². The molecule has 0 aromatic carbocycles. The van der Waals surface area contributed by atoms with Gasteiger partial charge in [-0.2, -0.15) is 4.21 Å². The second kappa shape index (κ2) is 71.3. The molecule has 4 heavy (non-hydrogen) atoms. The minimum Gasteiger partial charge on any atom is -0.870 e. The Morgan fingerprint density at radius 3 is 1.25 bits per heavy atom. The van der Waals surface area contributed by atoms with Crippen molar-refractivity contribution in [3.63, 3.8) is 0 Å². The van der Waals surface area contributed by atoms with Gasteiger partial charge >= 0.3 is 18.9 Å². The van der Waals surface area contributed by atoms with Crippen molar-refractivity contribution in [1.82, 2.24) is 0 Å². The van der Waals surface area contributed by atoms with Crippen LogP contribution in [0.2, 0.25) is 0 Å². The van der Waals surface area contributed by atoms with E-state index in [1.165, 1.54) is 0 Å². The van der Waals surface area contributed by atoms with Crippen LogP contribution in [-0.2, 0) is 12.5 Å². The van der Waals surface area contributed by atoms with E-state index in [1.807, 2.05) is 0 Å². The molecule has 0 aliphatic rings. The first kappa shape index (κ1) is 23.5. The molecule has 0 aliphatic heterocycles. The van der Waals surface area contributed by atoms with Gasteiger partial charge in [0, 0.05) is 0 Å². The van der Waals surface area contributed by atoms with Gasteiger partial charge in [-0.25, -0.2) is 0 Å². The molecule has 0 saturated heterocycles. The topological polar surface area (TPSA) is 47.1 Å². The van der Waals surface area contributed by atoms with Crippen molar-refractivity contribution in [1.29, 1.82) is 0 Å². The monoisotopic (exact) mass is 72.0 g/mol. The van der Waals surface area contributed by atoms with Gasteiger partial charge in [-0.05, 0) is 0 Å². The molecule has 0 atom stereocenters. The summed E-state index contributed by atoms with van der Waals surface area (Å²) in [5.41, 5.74) is 0. The minimum absolute atomic E-state index is 0. The molecule has 0 spiro atoms. The Morgan fingerprint density at radius 2 is 1.25 bits per heavy atom. The van der Waals surface area contributed by atoms with Crippen molar-refractivity contribution >= 4 is 12.5 Å². The van der Waals surface area contributed by atoms with Crippen LogP contribution in [0.1, 0.15) is 0 Å². The molecule has 1 N–H and O–H groups in total. The van der Waals surface area contributed by atoms with E-state index in [1.54, 1.807) is 0 Å². The Morgan fingerprint density at radius 1 is 1.25 bits per heavy atom. The summed E-state index contributed by atoms with van der Waals surface area (Å²) < 4.78 is 7.83. The van der Waals surface area contributed by atoms with Crippen molar-refractivity contribution in [3.8, 4) is 0 Å². The third-order valence-corrected chi connectivity index (χ3v) is 0.